The van der Waals surface area contributed by atoms with Crippen LogP contribution in [0.1, 0.15) is 0 Å². The SMILES string of the molecule is O=S(=O)(O)c1cc(O)c2c(O)cc(O)cc2c1. The largest absolute Gasteiger partial charge is 0.508 e. The highest BCUT2D eigenvalue weighted by Gasteiger charge is 2.15. The molecular weight excluding hydrogens is 248 g/mol. The Morgan fingerprint density at radius 2 is 1.47 bits per heavy atom. The summed E-state index contributed by atoms with van der Waals surface area (Å²) in [7, 11) is -4.47. The molecule has 0 spiro atoms. The average molecular weight is 256 g/mol. The van der Waals surface area contributed by atoms with Crippen LogP contribution in [0.3, 0.4) is 0 Å². The number of benzene rings is 2. The van der Waals surface area contributed by atoms with E-state index in [-0.39, 0.29) is 22.3 Å². The van der Waals surface area contributed by atoms with E-state index in [1.165, 1.54) is 0 Å². The fraction of sp³-hybridized carbons (Fsp3) is 0. The van der Waals surface area contributed by atoms with Crippen LogP contribution in [0.2, 0.25) is 0 Å². The van der Waals surface area contributed by atoms with Crippen molar-refractivity contribution in [2.24, 2.45) is 0 Å². The molecule has 7 heteroatoms. The Hall–Kier alpha value is -1.99. The van der Waals surface area contributed by atoms with Crippen molar-refractivity contribution in [3.63, 3.8) is 0 Å². The third-order valence-electron chi connectivity index (χ3n) is 2.26. The summed E-state index contributed by atoms with van der Waals surface area (Å²) in [5.41, 5.74) is 0. The molecule has 0 atom stereocenters. The molecule has 17 heavy (non-hydrogen) atoms. The summed E-state index contributed by atoms with van der Waals surface area (Å²) in [6.45, 7) is 0. The van der Waals surface area contributed by atoms with Gasteiger partial charge in [-0.1, -0.05) is 0 Å². The first-order chi connectivity index (χ1) is 7.79. The molecular formula is C10H8O6S. The second-order valence-electron chi connectivity index (χ2n) is 3.48. The molecule has 0 aromatic heterocycles. The van der Waals surface area contributed by atoms with Gasteiger partial charge in [-0.05, 0) is 17.5 Å². The van der Waals surface area contributed by atoms with Gasteiger partial charge in [-0.15, -0.1) is 0 Å². The minimum Gasteiger partial charge on any atom is -0.508 e. The highest BCUT2D eigenvalue weighted by molar-refractivity contribution is 7.85. The van der Waals surface area contributed by atoms with Crippen LogP contribution >= 0.6 is 0 Å². The van der Waals surface area contributed by atoms with Crippen molar-refractivity contribution >= 4 is 20.9 Å². The minimum absolute atomic E-state index is 0.00444. The molecule has 0 amide bonds. The van der Waals surface area contributed by atoms with Gasteiger partial charge in [0.15, 0.2) is 0 Å². The topological polar surface area (TPSA) is 115 Å². The van der Waals surface area contributed by atoms with Gasteiger partial charge in [0.05, 0.1) is 10.3 Å². The van der Waals surface area contributed by atoms with Crippen LogP contribution in [0.5, 0.6) is 17.2 Å². The van der Waals surface area contributed by atoms with E-state index in [0.717, 1.165) is 24.3 Å². The molecule has 0 radical (unpaired) electrons. The van der Waals surface area contributed by atoms with E-state index in [0.29, 0.717) is 0 Å². The van der Waals surface area contributed by atoms with Crippen LogP contribution < -0.4 is 0 Å². The lowest BCUT2D eigenvalue weighted by Gasteiger charge is -2.06. The van der Waals surface area contributed by atoms with Crippen molar-refractivity contribution in [1.29, 1.82) is 0 Å². The highest BCUT2D eigenvalue weighted by atomic mass is 32.2. The van der Waals surface area contributed by atoms with E-state index in [4.69, 9.17) is 4.55 Å². The van der Waals surface area contributed by atoms with Gasteiger partial charge in [0, 0.05) is 12.1 Å². The van der Waals surface area contributed by atoms with Crippen molar-refractivity contribution in [2.75, 3.05) is 0 Å². The third kappa shape index (κ3) is 1.97. The first-order valence-electron chi connectivity index (χ1n) is 4.45. The second-order valence-corrected chi connectivity index (χ2v) is 4.90. The van der Waals surface area contributed by atoms with Crippen LogP contribution in [-0.2, 0) is 10.1 Å². The lowest BCUT2D eigenvalue weighted by molar-refractivity contribution is 0.447. The lowest BCUT2D eigenvalue weighted by Crippen LogP contribution is -1.97. The van der Waals surface area contributed by atoms with Crippen LogP contribution in [0, 0.1) is 0 Å². The summed E-state index contributed by atoms with van der Waals surface area (Å²) in [4.78, 5) is -0.521. The zero-order chi connectivity index (χ0) is 12.8. The van der Waals surface area contributed by atoms with Gasteiger partial charge in [0.2, 0.25) is 0 Å². The average Bonchev–Trinajstić information content (AvgIpc) is 2.13. The summed E-state index contributed by atoms with van der Waals surface area (Å²) in [5, 5.41) is 28.4. The molecule has 2 aromatic rings. The predicted molar refractivity (Wildman–Crippen MR) is 58.8 cm³/mol. The van der Waals surface area contributed by atoms with Crippen molar-refractivity contribution in [2.45, 2.75) is 4.90 Å². The Kier molecular flexibility index (Phi) is 2.37. The van der Waals surface area contributed by atoms with Crippen LogP contribution in [0.4, 0.5) is 0 Å². The maximum absolute atomic E-state index is 10.9. The molecule has 0 aliphatic carbocycles. The Bertz CT molecular complexity index is 704. The predicted octanol–water partition coefficient (Wildman–Crippen LogP) is 1.20. The molecule has 2 rings (SSSR count). The van der Waals surface area contributed by atoms with E-state index >= 15 is 0 Å². The summed E-state index contributed by atoms with van der Waals surface area (Å²) in [6.07, 6.45) is 0. The van der Waals surface area contributed by atoms with Gasteiger partial charge in [-0.2, -0.15) is 8.42 Å². The molecule has 0 bridgehead atoms. The summed E-state index contributed by atoms with van der Waals surface area (Å²) in [5.74, 6) is -1.19. The fourth-order valence-corrected chi connectivity index (χ4v) is 2.11. The number of rotatable bonds is 1. The van der Waals surface area contributed by atoms with Gasteiger partial charge >= 0.3 is 0 Å². The Balaban J connectivity index is 2.92. The fourth-order valence-electron chi connectivity index (χ4n) is 1.58. The van der Waals surface area contributed by atoms with Gasteiger partial charge in [0.1, 0.15) is 17.2 Å². The normalized spacial score (nSPS) is 11.8. The molecule has 0 saturated heterocycles. The molecule has 90 valence electrons. The zero-order valence-corrected chi connectivity index (χ0v) is 9.14. The molecule has 0 saturated carbocycles. The maximum Gasteiger partial charge on any atom is 0.294 e. The molecule has 0 fully saturated rings. The van der Waals surface area contributed by atoms with Crippen molar-refractivity contribution in [3.05, 3.63) is 24.3 Å². The van der Waals surface area contributed by atoms with E-state index in [1.54, 1.807) is 0 Å². The second kappa shape index (κ2) is 3.51. The van der Waals surface area contributed by atoms with Crippen molar-refractivity contribution in [3.8, 4) is 17.2 Å². The molecule has 0 unspecified atom stereocenters. The van der Waals surface area contributed by atoms with Gasteiger partial charge < -0.3 is 15.3 Å². The third-order valence-corrected chi connectivity index (χ3v) is 3.09. The van der Waals surface area contributed by atoms with Gasteiger partial charge in [-0.25, -0.2) is 0 Å². The first kappa shape index (κ1) is 11.5. The van der Waals surface area contributed by atoms with Gasteiger partial charge in [0.25, 0.3) is 10.1 Å². The molecule has 0 aliphatic rings. The maximum atomic E-state index is 10.9. The number of hydrogen-bond acceptors (Lipinski definition) is 5. The molecule has 6 nitrogen and oxygen atoms in total. The monoisotopic (exact) mass is 256 g/mol. The molecule has 4 N–H and O–H groups in total. The van der Waals surface area contributed by atoms with Crippen LogP contribution in [0.15, 0.2) is 29.2 Å². The Morgan fingerprint density at radius 3 is 2.06 bits per heavy atom. The van der Waals surface area contributed by atoms with Crippen molar-refractivity contribution in [1.82, 2.24) is 0 Å². The zero-order valence-electron chi connectivity index (χ0n) is 8.32. The molecule has 0 heterocycles. The number of hydrogen-bond donors (Lipinski definition) is 4. The lowest BCUT2D eigenvalue weighted by atomic mass is 10.1. The first-order valence-corrected chi connectivity index (χ1v) is 5.89. The quantitative estimate of drug-likeness (QED) is 0.570. The van der Waals surface area contributed by atoms with E-state index < -0.39 is 20.8 Å². The summed E-state index contributed by atoms with van der Waals surface area (Å²) in [6, 6.07) is 4.01. The Labute approximate surface area is 96.1 Å². The molecule has 2 aromatic carbocycles. The number of phenols is 3. The minimum atomic E-state index is -4.47. The van der Waals surface area contributed by atoms with Crippen molar-refractivity contribution < 1.29 is 28.3 Å². The number of fused-ring (bicyclic) bond motifs is 1. The van der Waals surface area contributed by atoms with Crippen LogP contribution in [-0.4, -0.2) is 28.3 Å². The number of aromatic hydroxyl groups is 3. The molecule has 0 aliphatic heterocycles. The Morgan fingerprint density at radius 1 is 0.882 bits per heavy atom. The highest BCUT2D eigenvalue weighted by Crippen LogP contribution is 2.37. The van der Waals surface area contributed by atoms with E-state index in [1.807, 2.05) is 0 Å². The summed E-state index contributed by atoms with van der Waals surface area (Å²) < 4.78 is 30.7. The van der Waals surface area contributed by atoms with Crippen LogP contribution in [0.25, 0.3) is 10.8 Å². The van der Waals surface area contributed by atoms with E-state index in [9.17, 15) is 23.7 Å². The van der Waals surface area contributed by atoms with Gasteiger partial charge in [-0.3, -0.25) is 4.55 Å². The smallest absolute Gasteiger partial charge is 0.294 e. The number of phenolic OH excluding ortho intramolecular Hbond substituents is 3. The standard InChI is InChI=1S/C10H8O6S/c11-6-1-5-2-7(17(14,15)16)4-9(13)10(5)8(12)3-6/h1-4,11-13H,(H,14,15,16). The summed E-state index contributed by atoms with van der Waals surface area (Å²) >= 11 is 0. The van der Waals surface area contributed by atoms with E-state index in [2.05, 4.69) is 0 Å².